The van der Waals surface area contributed by atoms with E-state index in [0.29, 0.717) is 30.1 Å². The van der Waals surface area contributed by atoms with E-state index in [2.05, 4.69) is 25.8 Å². The van der Waals surface area contributed by atoms with Gasteiger partial charge in [0.15, 0.2) is 5.65 Å². The second kappa shape index (κ2) is 6.95. The molecule has 1 aliphatic heterocycles. The molecule has 4 rings (SSSR count). The zero-order valence-electron chi connectivity index (χ0n) is 14.9. The van der Waals surface area contributed by atoms with Gasteiger partial charge in [0.05, 0.1) is 42.2 Å². The molecule has 0 aromatic carbocycles. The number of fused-ring (bicyclic) bond motifs is 1. The number of halogens is 1. The van der Waals surface area contributed by atoms with Crippen LogP contribution in [0.5, 0.6) is 0 Å². The van der Waals surface area contributed by atoms with Gasteiger partial charge in [-0.05, 0) is 6.92 Å². The van der Waals surface area contributed by atoms with Crippen LogP contribution in [-0.2, 0) is 6.54 Å². The zero-order valence-corrected chi connectivity index (χ0v) is 14.9. The number of alkyl halides is 1. The molecule has 2 atom stereocenters. The van der Waals surface area contributed by atoms with Crippen molar-refractivity contribution in [3.05, 3.63) is 30.4 Å². The van der Waals surface area contributed by atoms with Gasteiger partial charge in [-0.15, -0.1) is 0 Å². The summed E-state index contributed by atoms with van der Waals surface area (Å²) in [7, 11) is 0. The van der Waals surface area contributed by atoms with Crippen molar-refractivity contribution in [3.63, 3.8) is 0 Å². The minimum absolute atomic E-state index is 0.165. The lowest BCUT2D eigenvalue weighted by Crippen LogP contribution is -2.31. The van der Waals surface area contributed by atoms with Crippen molar-refractivity contribution in [1.82, 2.24) is 29.7 Å². The second-order valence-corrected chi connectivity index (χ2v) is 6.60. The van der Waals surface area contributed by atoms with E-state index < -0.39 is 12.6 Å². The molecule has 1 fully saturated rings. The van der Waals surface area contributed by atoms with Crippen molar-refractivity contribution >= 4 is 17.2 Å². The van der Waals surface area contributed by atoms with Gasteiger partial charge in [-0.25, -0.2) is 9.50 Å². The van der Waals surface area contributed by atoms with Crippen LogP contribution < -0.4 is 16.4 Å². The Morgan fingerprint density at radius 2 is 2.22 bits per heavy atom. The monoisotopic (exact) mass is 372 g/mol. The van der Waals surface area contributed by atoms with E-state index in [1.54, 1.807) is 21.6 Å². The molecule has 4 N–H and O–H groups in total. The summed E-state index contributed by atoms with van der Waals surface area (Å²) in [5.74, 6) is -0.797. The van der Waals surface area contributed by atoms with E-state index in [1.165, 1.54) is 6.20 Å². The standard InChI is InChI=1S/C17H21FN8O/c1-2-25-8-11(5-21-25)14-9-26-17(24-14)15(12(6-22-26)16(19)27)23-13-7-20-4-10(13)3-18/h5-6,8-10,13,20,23H,2-4,7H2,1H3,(H2,19,27)/t10-,13-/m1/s1. The Morgan fingerprint density at radius 3 is 2.93 bits per heavy atom. The van der Waals surface area contributed by atoms with Crippen molar-refractivity contribution < 1.29 is 9.18 Å². The summed E-state index contributed by atoms with van der Waals surface area (Å²) < 4.78 is 16.7. The minimum Gasteiger partial charge on any atom is -0.377 e. The third-order valence-corrected chi connectivity index (χ3v) is 4.88. The summed E-state index contributed by atoms with van der Waals surface area (Å²) >= 11 is 0. The number of aryl methyl sites for hydroxylation is 1. The maximum absolute atomic E-state index is 13.3. The van der Waals surface area contributed by atoms with Gasteiger partial charge in [0.2, 0.25) is 0 Å². The number of anilines is 1. The molecule has 10 heteroatoms. The van der Waals surface area contributed by atoms with Gasteiger partial charge in [-0.1, -0.05) is 0 Å². The number of aromatic nitrogens is 5. The Kier molecular flexibility index (Phi) is 4.48. The third kappa shape index (κ3) is 3.12. The van der Waals surface area contributed by atoms with Crippen molar-refractivity contribution in [2.24, 2.45) is 11.7 Å². The Hall–Kier alpha value is -3.01. The number of rotatable bonds is 6. The third-order valence-electron chi connectivity index (χ3n) is 4.88. The van der Waals surface area contributed by atoms with Gasteiger partial charge in [0.25, 0.3) is 5.91 Å². The van der Waals surface area contributed by atoms with E-state index in [9.17, 15) is 9.18 Å². The molecule has 0 unspecified atom stereocenters. The molecule has 1 aliphatic rings. The van der Waals surface area contributed by atoms with Crippen LogP contribution in [0.3, 0.4) is 0 Å². The highest BCUT2D eigenvalue weighted by Gasteiger charge is 2.29. The van der Waals surface area contributed by atoms with Crippen LogP contribution in [0.2, 0.25) is 0 Å². The molecule has 0 spiro atoms. The topological polar surface area (TPSA) is 115 Å². The molecule has 4 heterocycles. The van der Waals surface area contributed by atoms with Crippen LogP contribution in [0.4, 0.5) is 10.1 Å². The Bertz CT molecular complexity index is 981. The molecule has 0 aliphatic carbocycles. The van der Waals surface area contributed by atoms with Crippen molar-refractivity contribution in [2.45, 2.75) is 19.5 Å². The number of nitrogens with zero attached hydrogens (tertiary/aromatic N) is 5. The number of amides is 1. The molecule has 142 valence electrons. The molecule has 0 bridgehead atoms. The molecule has 3 aromatic rings. The summed E-state index contributed by atoms with van der Waals surface area (Å²) in [6.07, 6.45) is 6.80. The number of nitrogens with two attached hydrogens (primary N) is 1. The predicted octanol–water partition coefficient (Wildman–Crippen LogP) is 0.681. The van der Waals surface area contributed by atoms with Crippen molar-refractivity contribution in [3.8, 4) is 11.3 Å². The first kappa shape index (κ1) is 17.4. The van der Waals surface area contributed by atoms with Crippen molar-refractivity contribution in [1.29, 1.82) is 0 Å². The van der Waals surface area contributed by atoms with Crippen LogP contribution >= 0.6 is 0 Å². The lowest BCUT2D eigenvalue weighted by Gasteiger charge is -2.20. The van der Waals surface area contributed by atoms with Gasteiger partial charge in [0, 0.05) is 43.4 Å². The Balaban J connectivity index is 1.79. The highest BCUT2D eigenvalue weighted by atomic mass is 19.1. The molecule has 3 aromatic heterocycles. The second-order valence-electron chi connectivity index (χ2n) is 6.60. The summed E-state index contributed by atoms with van der Waals surface area (Å²) in [4.78, 5) is 16.5. The molecular formula is C17H21FN8O. The average molecular weight is 372 g/mol. The van der Waals surface area contributed by atoms with Crippen LogP contribution in [0.25, 0.3) is 16.9 Å². The summed E-state index contributed by atoms with van der Waals surface area (Å²) in [6, 6.07) is -0.165. The van der Waals surface area contributed by atoms with Gasteiger partial charge in [-0.3, -0.25) is 13.9 Å². The zero-order chi connectivity index (χ0) is 19.0. The molecule has 1 saturated heterocycles. The summed E-state index contributed by atoms with van der Waals surface area (Å²) in [5.41, 5.74) is 8.22. The van der Waals surface area contributed by atoms with Crippen LogP contribution in [0.1, 0.15) is 17.3 Å². The van der Waals surface area contributed by atoms with Crippen LogP contribution in [-0.4, -0.2) is 56.1 Å². The number of hydrogen-bond acceptors (Lipinski definition) is 6. The fourth-order valence-corrected chi connectivity index (χ4v) is 3.32. The summed E-state index contributed by atoms with van der Waals surface area (Å²) in [5, 5.41) is 14.9. The number of primary amides is 1. The molecule has 0 radical (unpaired) electrons. The Labute approximate surface area is 154 Å². The first-order valence-electron chi connectivity index (χ1n) is 8.85. The largest absolute Gasteiger partial charge is 0.377 e. The number of carbonyl (C=O) groups is 1. The summed E-state index contributed by atoms with van der Waals surface area (Å²) in [6.45, 7) is 3.48. The van der Waals surface area contributed by atoms with E-state index in [1.807, 2.05) is 13.1 Å². The highest BCUT2D eigenvalue weighted by Crippen LogP contribution is 2.27. The first-order valence-corrected chi connectivity index (χ1v) is 8.85. The molecule has 9 nitrogen and oxygen atoms in total. The van der Waals surface area contributed by atoms with E-state index in [0.717, 1.165) is 12.1 Å². The van der Waals surface area contributed by atoms with E-state index in [4.69, 9.17) is 5.73 Å². The Morgan fingerprint density at radius 1 is 1.37 bits per heavy atom. The van der Waals surface area contributed by atoms with E-state index in [-0.39, 0.29) is 17.5 Å². The minimum atomic E-state index is -0.612. The average Bonchev–Trinajstić information content (AvgIpc) is 3.39. The lowest BCUT2D eigenvalue weighted by molar-refractivity contribution is 0.100. The van der Waals surface area contributed by atoms with Gasteiger partial charge < -0.3 is 16.4 Å². The first-order chi connectivity index (χ1) is 13.1. The molecular weight excluding hydrogens is 351 g/mol. The lowest BCUT2D eigenvalue weighted by atomic mass is 10.0. The number of hydrogen-bond donors (Lipinski definition) is 3. The number of carbonyl (C=O) groups excluding carboxylic acids is 1. The van der Waals surface area contributed by atoms with Crippen LogP contribution in [0, 0.1) is 5.92 Å². The number of imidazole rings is 1. The predicted molar refractivity (Wildman–Crippen MR) is 98.1 cm³/mol. The molecule has 1 amide bonds. The fourth-order valence-electron chi connectivity index (χ4n) is 3.32. The quantitative estimate of drug-likeness (QED) is 0.586. The van der Waals surface area contributed by atoms with Crippen molar-refractivity contribution in [2.75, 3.05) is 25.1 Å². The maximum Gasteiger partial charge on any atom is 0.252 e. The highest BCUT2D eigenvalue weighted by molar-refractivity contribution is 6.01. The fraction of sp³-hybridized carbons (Fsp3) is 0.412. The number of nitrogens with one attached hydrogen (secondary N) is 2. The van der Waals surface area contributed by atoms with Crippen LogP contribution in [0.15, 0.2) is 24.8 Å². The SMILES string of the molecule is CCn1cc(-c2cn3ncc(C(N)=O)c(N[C@@H]4CNC[C@H]4CF)c3n2)cn1. The van der Waals surface area contributed by atoms with Gasteiger partial charge in [-0.2, -0.15) is 10.2 Å². The molecule has 0 saturated carbocycles. The molecule has 27 heavy (non-hydrogen) atoms. The van der Waals surface area contributed by atoms with Gasteiger partial charge >= 0.3 is 0 Å². The van der Waals surface area contributed by atoms with Gasteiger partial charge in [0.1, 0.15) is 0 Å². The maximum atomic E-state index is 13.3. The van der Waals surface area contributed by atoms with E-state index >= 15 is 0 Å². The smallest absolute Gasteiger partial charge is 0.252 e. The normalized spacial score (nSPS) is 19.6.